The molecular weight excluding hydrogens is 312 g/mol. The fourth-order valence-corrected chi connectivity index (χ4v) is 3.91. The van der Waals surface area contributed by atoms with Crippen LogP contribution in [0.1, 0.15) is 51.2 Å². The summed E-state index contributed by atoms with van der Waals surface area (Å²) in [4.78, 5) is 14.4. The number of hydrogen-bond acceptors (Lipinski definition) is 3. The highest BCUT2D eigenvalue weighted by Gasteiger charge is 2.43. The molecule has 2 aliphatic rings. The molecule has 4 heteroatoms. The molecule has 2 heterocycles. The molecule has 1 atom stereocenters. The van der Waals surface area contributed by atoms with Gasteiger partial charge in [-0.2, -0.15) is 0 Å². The average Bonchev–Trinajstić information content (AvgIpc) is 3.00. The van der Waals surface area contributed by atoms with Gasteiger partial charge in [-0.3, -0.25) is 9.69 Å². The number of rotatable bonds is 5. The number of aryl methyl sites for hydroxylation is 1. The highest BCUT2D eigenvalue weighted by atomic mass is 16.5. The fourth-order valence-electron chi connectivity index (χ4n) is 3.91. The number of benzene rings is 1. The lowest BCUT2D eigenvalue weighted by atomic mass is 9.87. The zero-order valence-electron chi connectivity index (χ0n) is 15.9. The van der Waals surface area contributed by atoms with Gasteiger partial charge in [-0.25, -0.2) is 0 Å². The van der Waals surface area contributed by atoms with E-state index in [0.29, 0.717) is 6.61 Å². The van der Waals surface area contributed by atoms with Gasteiger partial charge in [0, 0.05) is 25.6 Å². The molecule has 2 saturated heterocycles. The number of likely N-dealkylation sites (tertiary alicyclic amines) is 1. The lowest BCUT2D eigenvalue weighted by molar-refractivity contribution is -0.124. The van der Waals surface area contributed by atoms with Gasteiger partial charge in [0.2, 0.25) is 5.91 Å². The Labute approximate surface area is 151 Å². The number of ether oxygens (including phenoxy) is 1. The van der Waals surface area contributed by atoms with E-state index in [-0.39, 0.29) is 23.5 Å². The molecule has 1 spiro atoms. The second kappa shape index (κ2) is 7.88. The molecule has 0 bridgehead atoms. The summed E-state index contributed by atoms with van der Waals surface area (Å²) in [5, 5.41) is 3.13. The maximum Gasteiger partial charge on any atom is 0.222 e. The number of piperidine rings is 1. The van der Waals surface area contributed by atoms with Gasteiger partial charge in [-0.05, 0) is 36.8 Å². The van der Waals surface area contributed by atoms with Crippen LogP contribution in [0.5, 0.6) is 0 Å². The van der Waals surface area contributed by atoms with E-state index in [1.54, 1.807) is 0 Å². The number of carbonyl (C=O) groups is 1. The molecule has 1 amide bonds. The lowest BCUT2D eigenvalue weighted by Gasteiger charge is -2.38. The largest absolute Gasteiger partial charge is 0.373 e. The summed E-state index contributed by atoms with van der Waals surface area (Å²) in [6.45, 7) is 9.89. The average molecular weight is 344 g/mol. The van der Waals surface area contributed by atoms with Crippen LogP contribution in [0, 0.1) is 5.92 Å². The van der Waals surface area contributed by atoms with Crippen molar-refractivity contribution in [1.29, 1.82) is 0 Å². The van der Waals surface area contributed by atoms with Gasteiger partial charge < -0.3 is 10.1 Å². The van der Waals surface area contributed by atoms with Crippen LogP contribution in [0.4, 0.5) is 0 Å². The van der Waals surface area contributed by atoms with E-state index in [4.69, 9.17) is 4.74 Å². The highest BCUT2D eigenvalue weighted by molar-refractivity contribution is 5.78. The zero-order valence-corrected chi connectivity index (χ0v) is 15.9. The predicted octanol–water partition coefficient (Wildman–Crippen LogP) is 3.14. The number of nitrogens with zero attached hydrogens (tertiary/aromatic N) is 1. The van der Waals surface area contributed by atoms with E-state index in [1.807, 2.05) is 13.8 Å². The first-order valence-corrected chi connectivity index (χ1v) is 9.74. The molecule has 1 N–H and O–H groups in total. The Morgan fingerprint density at radius 2 is 1.88 bits per heavy atom. The zero-order chi connectivity index (χ0) is 17.9. The highest BCUT2D eigenvalue weighted by Crippen LogP contribution is 2.36. The third-order valence-electron chi connectivity index (χ3n) is 5.68. The topological polar surface area (TPSA) is 41.6 Å². The normalized spacial score (nSPS) is 23.3. The third-order valence-corrected chi connectivity index (χ3v) is 5.68. The minimum absolute atomic E-state index is 0.0164. The van der Waals surface area contributed by atoms with Crippen LogP contribution in [-0.2, 0) is 22.5 Å². The van der Waals surface area contributed by atoms with Crippen molar-refractivity contribution < 1.29 is 9.53 Å². The lowest BCUT2D eigenvalue weighted by Crippen LogP contribution is -2.45. The van der Waals surface area contributed by atoms with Gasteiger partial charge in [0.25, 0.3) is 0 Å². The van der Waals surface area contributed by atoms with Gasteiger partial charge in [0.15, 0.2) is 0 Å². The standard InChI is InChI=1S/C21H32N2O2/c1-4-17-5-7-18(8-6-17)14-23-11-9-21(10-12-23)13-19(15-25-21)22-20(24)16(2)3/h5-8,16,19H,4,9-15H2,1-3H3,(H,22,24)/t19-/m0/s1. The van der Waals surface area contributed by atoms with Crippen LogP contribution in [0.3, 0.4) is 0 Å². The Hall–Kier alpha value is -1.39. The quantitative estimate of drug-likeness (QED) is 0.892. The van der Waals surface area contributed by atoms with Crippen molar-refractivity contribution in [3.8, 4) is 0 Å². The second-order valence-electron chi connectivity index (χ2n) is 8.00. The first-order chi connectivity index (χ1) is 12.0. The van der Waals surface area contributed by atoms with Gasteiger partial charge in [-0.15, -0.1) is 0 Å². The van der Waals surface area contributed by atoms with Crippen molar-refractivity contribution in [3.63, 3.8) is 0 Å². The molecular formula is C21H32N2O2. The molecule has 138 valence electrons. The Balaban J connectivity index is 1.47. The van der Waals surface area contributed by atoms with Crippen LogP contribution in [0.2, 0.25) is 0 Å². The SMILES string of the molecule is CCc1ccc(CN2CCC3(CC2)C[C@H](NC(=O)C(C)C)CO3)cc1. The summed E-state index contributed by atoms with van der Waals surface area (Å²) in [5.74, 6) is 0.177. The molecule has 0 aliphatic carbocycles. The maximum absolute atomic E-state index is 11.9. The summed E-state index contributed by atoms with van der Waals surface area (Å²) < 4.78 is 6.16. The molecule has 25 heavy (non-hydrogen) atoms. The number of carbonyl (C=O) groups excluding carboxylic acids is 1. The minimum atomic E-state index is -0.0164. The van der Waals surface area contributed by atoms with Crippen molar-refractivity contribution in [2.24, 2.45) is 5.92 Å². The Morgan fingerprint density at radius 3 is 2.48 bits per heavy atom. The Morgan fingerprint density at radius 1 is 1.24 bits per heavy atom. The van der Waals surface area contributed by atoms with E-state index in [9.17, 15) is 4.79 Å². The molecule has 3 rings (SSSR count). The molecule has 4 nitrogen and oxygen atoms in total. The van der Waals surface area contributed by atoms with Crippen molar-refractivity contribution in [2.45, 2.75) is 64.6 Å². The fraction of sp³-hybridized carbons (Fsp3) is 0.667. The van der Waals surface area contributed by atoms with Crippen LogP contribution < -0.4 is 5.32 Å². The van der Waals surface area contributed by atoms with Gasteiger partial charge in [0.05, 0.1) is 18.2 Å². The van der Waals surface area contributed by atoms with E-state index in [2.05, 4.69) is 41.4 Å². The van der Waals surface area contributed by atoms with E-state index < -0.39 is 0 Å². The number of amides is 1. The summed E-state index contributed by atoms with van der Waals surface area (Å²) in [6.07, 6.45) is 4.19. The second-order valence-corrected chi connectivity index (χ2v) is 8.00. The van der Waals surface area contributed by atoms with Crippen LogP contribution in [0.15, 0.2) is 24.3 Å². The van der Waals surface area contributed by atoms with E-state index in [1.165, 1.54) is 11.1 Å². The minimum Gasteiger partial charge on any atom is -0.373 e. The molecule has 1 aromatic rings. The molecule has 0 radical (unpaired) electrons. The van der Waals surface area contributed by atoms with Crippen molar-refractivity contribution in [1.82, 2.24) is 10.2 Å². The Kier molecular flexibility index (Phi) is 5.80. The van der Waals surface area contributed by atoms with Crippen molar-refractivity contribution in [3.05, 3.63) is 35.4 Å². The summed E-state index contributed by atoms with van der Waals surface area (Å²) in [6, 6.07) is 9.17. The Bertz CT molecular complexity index is 574. The maximum atomic E-state index is 11.9. The third kappa shape index (κ3) is 4.62. The smallest absolute Gasteiger partial charge is 0.222 e. The van der Waals surface area contributed by atoms with E-state index in [0.717, 1.165) is 45.3 Å². The van der Waals surface area contributed by atoms with Gasteiger partial charge >= 0.3 is 0 Å². The molecule has 2 aliphatic heterocycles. The van der Waals surface area contributed by atoms with Crippen LogP contribution in [-0.4, -0.2) is 42.1 Å². The van der Waals surface area contributed by atoms with E-state index >= 15 is 0 Å². The molecule has 0 saturated carbocycles. The van der Waals surface area contributed by atoms with Gasteiger partial charge in [0.1, 0.15) is 0 Å². The van der Waals surface area contributed by atoms with Crippen molar-refractivity contribution in [2.75, 3.05) is 19.7 Å². The van der Waals surface area contributed by atoms with Gasteiger partial charge in [-0.1, -0.05) is 45.0 Å². The first kappa shape index (κ1) is 18.4. The number of nitrogens with one attached hydrogen (secondary N) is 1. The van der Waals surface area contributed by atoms with Crippen LogP contribution in [0.25, 0.3) is 0 Å². The summed E-state index contributed by atoms with van der Waals surface area (Å²) >= 11 is 0. The van der Waals surface area contributed by atoms with Crippen LogP contribution >= 0.6 is 0 Å². The first-order valence-electron chi connectivity index (χ1n) is 9.74. The molecule has 0 aromatic heterocycles. The molecule has 2 fully saturated rings. The monoisotopic (exact) mass is 344 g/mol. The molecule has 1 aromatic carbocycles. The van der Waals surface area contributed by atoms with Crippen molar-refractivity contribution >= 4 is 5.91 Å². The molecule has 0 unspecified atom stereocenters. The summed E-state index contributed by atoms with van der Waals surface area (Å²) in [5.41, 5.74) is 2.77. The predicted molar refractivity (Wildman–Crippen MR) is 100 cm³/mol. The summed E-state index contributed by atoms with van der Waals surface area (Å²) in [7, 11) is 0. The number of hydrogen-bond donors (Lipinski definition) is 1.